The molecule has 3 atom stereocenters. The van der Waals surface area contributed by atoms with Gasteiger partial charge in [0.2, 0.25) is 0 Å². The molecule has 0 aliphatic carbocycles. The van der Waals surface area contributed by atoms with Crippen molar-refractivity contribution in [2.24, 2.45) is 5.92 Å². The van der Waals surface area contributed by atoms with E-state index in [1.54, 1.807) is 0 Å². The van der Waals surface area contributed by atoms with Crippen LogP contribution < -0.4 is 0 Å². The fraction of sp³-hybridized carbons (Fsp3) is 1.00. The van der Waals surface area contributed by atoms with Gasteiger partial charge in [0.1, 0.15) is 0 Å². The van der Waals surface area contributed by atoms with Crippen molar-refractivity contribution < 1.29 is 0 Å². The van der Waals surface area contributed by atoms with Crippen molar-refractivity contribution >= 4 is 22.6 Å². The van der Waals surface area contributed by atoms with Crippen LogP contribution in [0.4, 0.5) is 0 Å². The molecule has 1 fully saturated rings. The molecular formula is C11H22IN. The first-order valence-electron chi connectivity index (χ1n) is 5.38. The van der Waals surface area contributed by atoms with Gasteiger partial charge in [0.15, 0.2) is 0 Å². The quantitative estimate of drug-likeness (QED) is 0.570. The molecule has 2 heteroatoms. The molecule has 0 bridgehead atoms. The van der Waals surface area contributed by atoms with Gasteiger partial charge in [0, 0.05) is 9.46 Å². The second kappa shape index (κ2) is 4.47. The van der Waals surface area contributed by atoms with E-state index in [2.05, 4.69) is 55.3 Å². The van der Waals surface area contributed by atoms with Gasteiger partial charge in [-0.3, -0.25) is 4.90 Å². The van der Waals surface area contributed by atoms with Crippen molar-refractivity contribution in [2.75, 3.05) is 13.6 Å². The lowest BCUT2D eigenvalue weighted by Crippen LogP contribution is -2.49. The molecule has 1 aliphatic rings. The van der Waals surface area contributed by atoms with Crippen LogP contribution in [0.1, 0.15) is 40.0 Å². The highest BCUT2D eigenvalue weighted by atomic mass is 127. The minimum absolute atomic E-state index is 0.441. The Kier molecular flexibility index (Phi) is 4.05. The maximum Gasteiger partial charge on any atom is 0.0321 e. The molecule has 1 nitrogen and oxygen atoms in total. The summed E-state index contributed by atoms with van der Waals surface area (Å²) in [4.78, 5) is 2.56. The number of halogens is 1. The summed E-state index contributed by atoms with van der Waals surface area (Å²) < 4.78 is 0.803. The molecule has 0 aromatic rings. The molecule has 1 saturated heterocycles. The Morgan fingerprint density at radius 2 is 2.23 bits per heavy atom. The average Bonchev–Trinajstić information content (AvgIpc) is 2.35. The zero-order chi connectivity index (χ0) is 10.1. The van der Waals surface area contributed by atoms with Gasteiger partial charge in [0.25, 0.3) is 0 Å². The van der Waals surface area contributed by atoms with Crippen molar-refractivity contribution in [2.45, 2.75) is 49.5 Å². The van der Waals surface area contributed by atoms with Crippen molar-refractivity contribution in [3.8, 4) is 0 Å². The van der Waals surface area contributed by atoms with E-state index in [0.29, 0.717) is 5.54 Å². The molecule has 0 spiro atoms. The number of nitrogens with zero attached hydrogens (tertiary/aromatic N) is 1. The van der Waals surface area contributed by atoms with E-state index in [-0.39, 0.29) is 0 Å². The summed E-state index contributed by atoms with van der Waals surface area (Å²) >= 11 is 2.65. The van der Waals surface area contributed by atoms with Gasteiger partial charge in [-0.2, -0.15) is 0 Å². The highest BCUT2D eigenvalue weighted by Crippen LogP contribution is 2.40. The van der Waals surface area contributed by atoms with E-state index in [4.69, 9.17) is 0 Å². The zero-order valence-corrected chi connectivity index (χ0v) is 11.5. The first-order valence-corrected chi connectivity index (χ1v) is 6.63. The number of alkyl halides is 1. The normalized spacial score (nSPS) is 38.1. The molecular weight excluding hydrogens is 273 g/mol. The SMILES string of the molecule is CCCC(I)C1(C)[C@H](C)CCN1C. The van der Waals surface area contributed by atoms with Crippen LogP contribution in [0.25, 0.3) is 0 Å². The van der Waals surface area contributed by atoms with Gasteiger partial charge in [-0.15, -0.1) is 0 Å². The third-order valence-corrected chi connectivity index (χ3v) is 5.78. The van der Waals surface area contributed by atoms with Gasteiger partial charge in [-0.1, -0.05) is 42.9 Å². The Morgan fingerprint density at radius 3 is 2.62 bits per heavy atom. The van der Waals surface area contributed by atoms with Crippen LogP contribution in [0.2, 0.25) is 0 Å². The summed E-state index contributed by atoms with van der Waals surface area (Å²) in [7, 11) is 2.28. The largest absolute Gasteiger partial charge is 0.300 e. The van der Waals surface area contributed by atoms with Crippen LogP contribution in [0.5, 0.6) is 0 Å². The molecule has 2 unspecified atom stereocenters. The molecule has 1 heterocycles. The van der Waals surface area contributed by atoms with E-state index in [9.17, 15) is 0 Å². The predicted molar refractivity (Wildman–Crippen MR) is 67.5 cm³/mol. The Morgan fingerprint density at radius 1 is 1.62 bits per heavy atom. The Labute approximate surface area is 96.4 Å². The van der Waals surface area contributed by atoms with Gasteiger partial charge < -0.3 is 0 Å². The summed E-state index contributed by atoms with van der Waals surface area (Å²) in [5, 5.41) is 0. The highest BCUT2D eigenvalue weighted by molar-refractivity contribution is 14.1. The molecule has 0 aromatic carbocycles. The van der Waals surface area contributed by atoms with Crippen LogP contribution in [0.15, 0.2) is 0 Å². The standard InChI is InChI=1S/C11H22IN/c1-5-6-10(12)11(3)9(2)7-8-13(11)4/h9-10H,5-8H2,1-4H3/t9-,10?,11?/m1/s1. The monoisotopic (exact) mass is 295 g/mol. The van der Waals surface area contributed by atoms with E-state index in [1.165, 1.54) is 25.8 Å². The van der Waals surface area contributed by atoms with Crippen LogP contribution in [-0.4, -0.2) is 28.0 Å². The minimum Gasteiger partial charge on any atom is -0.300 e. The van der Waals surface area contributed by atoms with Crippen molar-refractivity contribution in [1.82, 2.24) is 4.90 Å². The zero-order valence-electron chi connectivity index (χ0n) is 9.31. The maximum atomic E-state index is 2.65. The average molecular weight is 295 g/mol. The number of hydrogen-bond donors (Lipinski definition) is 0. The summed E-state index contributed by atoms with van der Waals surface area (Å²) in [6, 6.07) is 0. The van der Waals surface area contributed by atoms with Gasteiger partial charge in [-0.05, 0) is 39.3 Å². The third-order valence-electron chi connectivity index (χ3n) is 3.89. The smallest absolute Gasteiger partial charge is 0.0321 e. The topological polar surface area (TPSA) is 3.24 Å². The summed E-state index contributed by atoms with van der Waals surface area (Å²) in [5.41, 5.74) is 0.441. The first kappa shape index (κ1) is 11.8. The molecule has 0 amide bonds. The highest BCUT2D eigenvalue weighted by Gasteiger charge is 2.44. The Bertz CT molecular complexity index is 159. The molecule has 0 aromatic heterocycles. The van der Waals surface area contributed by atoms with E-state index in [0.717, 1.165) is 9.84 Å². The van der Waals surface area contributed by atoms with Crippen molar-refractivity contribution in [1.29, 1.82) is 0 Å². The molecule has 0 N–H and O–H groups in total. The number of hydrogen-bond acceptors (Lipinski definition) is 1. The lowest BCUT2D eigenvalue weighted by Gasteiger charge is -2.40. The molecule has 0 radical (unpaired) electrons. The van der Waals surface area contributed by atoms with Gasteiger partial charge in [-0.25, -0.2) is 0 Å². The van der Waals surface area contributed by atoms with Crippen molar-refractivity contribution in [3.63, 3.8) is 0 Å². The maximum absolute atomic E-state index is 2.65. The number of rotatable bonds is 3. The lowest BCUT2D eigenvalue weighted by atomic mass is 9.83. The molecule has 1 aliphatic heterocycles. The van der Waals surface area contributed by atoms with Crippen LogP contribution in [0, 0.1) is 5.92 Å². The lowest BCUT2D eigenvalue weighted by molar-refractivity contribution is 0.154. The first-order chi connectivity index (χ1) is 6.03. The number of likely N-dealkylation sites (tertiary alicyclic amines) is 1. The van der Waals surface area contributed by atoms with E-state index in [1.807, 2.05) is 0 Å². The van der Waals surface area contributed by atoms with Crippen molar-refractivity contribution in [3.05, 3.63) is 0 Å². The summed E-state index contributed by atoms with van der Waals surface area (Å²) in [6.07, 6.45) is 4.03. The van der Waals surface area contributed by atoms with Crippen LogP contribution in [-0.2, 0) is 0 Å². The van der Waals surface area contributed by atoms with Crippen LogP contribution in [0.3, 0.4) is 0 Å². The second-order valence-electron chi connectivity index (χ2n) is 4.59. The third kappa shape index (κ3) is 2.04. The van der Waals surface area contributed by atoms with E-state index >= 15 is 0 Å². The molecule has 78 valence electrons. The summed E-state index contributed by atoms with van der Waals surface area (Å²) in [6.45, 7) is 8.41. The fourth-order valence-electron chi connectivity index (χ4n) is 2.39. The fourth-order valence-corrected chi connectivity index (χ4v) is 4.10. The minimum atomic E-state index is 0.441. The second-order valence-corrected chi connectivity index (χ2v) is 6.10. The predicted octanol–water partition coefficient (Wildman–Crippen LogP) is 3.32. The Balaban J connectivity index is 2.71. The molecule has 1 rings (SSSR count). The van der Waals surface area contributed by atoms with Gasteiger partial charge in [0.05, 0.1) is 0 Å². The van der Waals surface area contributed by atoms with Gasteiger partial charge >= 0.3 is 0 Å². The van der Waals surface area contributed by atoms with E-state index < -0.39 is 0 Å². The summed E-state index contributed by atoms with van der Waals surface area (Å²) in [5.74, 6) is 0.853. The van der Waals surface area contributed by atoms with Crippen LogP contribution >= 0.6 is 22.6 Å². The molecule has 0 saturated carbocycles. The molecule has 13 heavy (non-hydrogen) atoms. The Hall–Kier alpha value is 0.690.